The number of aryl methyl sites for hydroxylation is 1. The van der Waals surface area contributed by atoms with E-state index in [2.05, 4.69) is 12.2 Å². The second-order valence-electron chi connectivity index (χ2n) is 3.59. The normalized spacial score (nSPS) is 10.6. The van der Waals surface area contributed by atoms with Gasteiger partial charge in [-0.2, -0.15) is 0 Å². The van der Waals surface area contributed by atoms with Crippen molar-refractivity contribution in [1.29, 1.82) is 0 Å². The van der Waals surface area contributed by atoms with Gasteiger partial charge in [0.2, 0.25) is 0 Å². The van der Waals surface area contributed by atoms with Crippen LogP contribution in [0.1, 0.15) is 18.9 Å². The molecule has 1 rings (SSSR count). The minimum atomic E-state index is -0.292. The van der Waals surface area contributed by atoms with Crippen LogP contribution in [0.5, 0.6) is 0 Å². The fourth-order valence-corrected chi connectivity index (χ4v) is 1.40. The third-order valence-corrected chi connectivity index (χ3v) is 2.26. The lowest BCUT2D eigenvalue weighted by molar-refractivity contribution is 0.626. The molecule has 5 nitrogen and oxygen atoms in total. The van der Waals surface area contributed by atoms with E-state index < -0.39 is 0 Å². The maximum absolute atomic E-state index is 11.6. The zero-order valence-electron chi connectivity index (χ0n) is 9.41. The highest BCUT2D eigenvalue weighted by Crippen LogP contribution is 1.87. The zero-order chi connectivity index (χ0) is 11.4. The first kappa shape index (κ1) is 11.7. The van der Waals surface area contributed by atoms with Gasteiger partial charge in [0.15, 0.2) is 0 Å². The van der Waals surface area contributed by atoms with Gasteiger partial charge in [-0.15, -0.1) is 0 Å². The lowest BCUT2D eigenvalue weighted by atomic mass is 10.3. The zero-order valence-corrected chi connectivity index (χ0v) is 9.41. The van der Waals surface area contributed by atoms with Crippen LogP contribution in [0.4, 0.5) is 0 Å². The lowest BCUT2D eigenvalue weighted by Gasteiger charge is -2.07. The first-order valence-corrected chi connectivity index (χ1v) is 5.04. The molecule has 0 bridgehead atoms. The second kappa shape index (κ2) is 4.93. The molecule has 1 heterocycles. The monoisotopic (exact) mass is 211 g/mol. The van der Waals surface area contributed by atoms with Gasteiger partial charge in [-0.05, 0) is 13.0 Å². The number of rotatable bonds is 4. The van der Waals surface area contributed by atoms with E-state index >= 15 is 0 Å². The molecular formula is C10H17N3O2. The van der Waals surface area contributed by atoms with E-state index in [0.29, 0.717) is 12.1 Å². The molecule has 0 fully saturated rings. The molecular weight excluding hydrogens is 194 g/mol. The SMILES string of the molecule is CCCNCc1cn(C)c(=O)n(C)c1=O. The molecule has 0 spiro atoms. The van der Waals surface area contributed by atoms with Crippen LogP contribution in [-0.4, -0.2) is 15.7 Å². The summed E-state index contributed by atoms with van der Waals surface area (Å²) in [4.78, 5) is 23.0. The largest absolute Gasteiger partial charge is 0.330 e. The first-order chi connectivity index (χ1) is 7.07. The summed E-state index contributed by atoms with van der Waals surface area (Å²) in [5, 5.41) is 3.14. The molecule has 0 unspecified atom stereocenters. The summed E-state index contributed by atoms with van der Waals surface area (Å²) in [6.45, 7) is 3.44. The van der Waals surface area contributed by atoms with Gasteiger partial charge in [0.1, 0.15) is 0 Å². The summed E-state index contributed by atoms with van der Waals surface area (Å²) >= 11 is 0. The third-order valence-electron chi connectivity index (χ3n) is 2.26. The Morgan fingerprint density at radius 2 is 2.00 bits per heavy atom. The lowest BCUT2D eigenvalue weighted by Crippen LogP contribution is -2.39. The van der Waals surface area contributed by atoms with E-state index in [0.717, 1.165) is 17.5 Å². The van der Waals surface area contributed by atoms with Crippen molar-refractivity contribution in [3.05, 3.63) is 32.6 Å². The molecule has 0 amide bonds. The van der Waals surface area contributed by atoms with Crippen LogP contribution >= 0.6 is 0 Å². The van der Waals surface area contributed by atoms with Crippen molar-refractivity contribution in [2.75, 3.05) is 6.54 Å². The van der Waals surface area contributed by atoms with Crippen molar-refractivity contribution in [1.82, 2.24) is 14.5 Å². The molecule has 5 heteroatoms. The van der Waals surface area contributed by atoms with Crippen LogP contribution in [-0.2, 0) is 20.6 Å². The number of hydrogen-bond acceptors (Lipinski definition) is 3. The fourth-order valence-electron chi connectivity index (χ4n) is 1.40. The van der Waals surface area contributed by atoms with Gasteiger partial charge in [-0.25, -0.2) is 4.79 Å². The molecule has 0 aliphatic rings. The Kier molecular flexibility index (Phi) is 3.85. The summed E-state index contributed by atoms with van der Waals surface area (Å²) in [5.41, 5.74) is 0.106. The molecule has 1 N–H and O–H groups in total. The molecule has 1 aromatic rings. The van der Waals surface area contributed by atoms with E-state index in [1.807, 2.05) is 0 Å². The van der Waals surface area contributed by atoms with Crippen LogP contribution in [0.2, 0.25) is 0 Å². The Labute approximate surface area is 88.4 Å². The highest BCUT2D eigenvalue weighted by atomic mass is 16.2. The van der Waals surface area contributed by atoms with Crippen LogP contribution in [0.25, 0.3) is 0 Å². The number of nitrogens with one attached hydrogen (secondary N) is 1. The predicted molar refractivity (Wildman–Crippen MR) is 58.9 cm³/mol. The van der Waals surface area contributed by atoms with Gasteiger partial charge in [0.05, 0.1) is 0 Å². The predicted octanol–water partition coefficient (Wildman–Crippen LogP) is -0.416. The van der Waals surface area contributed by atoms with Crippen molar-refractivity contribution in [2.24, 2.45) is 14.1 Å². The third kappa shape index (κ3) is 2.56. The topological polar surface area (TPSA) is 56.0 Å². The van der Waals surface area contributed by atoms with Gasteiger partial charge in [0.25, 0.3) is 5.56 Å². The highest BCUT2D eigenvalue weighted by molar-refractivity contribution is 5.04. The van der Waals surface area contributed by atoms with Crippen molar-refractivity contribution in [3.63, 3.8) is 0 Å². The Balaban J connectivity index is 3.00. The Morgan fingerprint density at radius 1 is 1.33 bits per heavy atom. The molecule has 84 valence electrons. The van der Waals surface area contributed by atoms with Crippen molar-refractivity contribution >= 4 is 0 Å². The average Bonchev–Trinajstić information content (AvgIpc) is 2.23. The second-order valence-corrected chi connectivity index (χ2v) is 3.59. The quantitative estimate of drug-likeness (QED) is 0.688. The number of hydrogen-bond donors (Lipinski definition) is 1. The molecule has 0 saturated carbocycles. The molecule has 0 atom stereocenters. The van der Waals surface area contributed by atoms with Crippen molar-refractivity contribution in [3.8, 4) is 0 Å². The van der Waals surface area contributed by atoms with Crippen LogP contribution < -0.4 is 16.6 Å². The molecule has 15 heavy (non-hydrogen) atoms. The van der Waals surface area contributed by atoms with Gasteiger partial charge in [-0.1, -0.05) is 6.92 Å². The van der Waals surface area contributed by atoms with E-state index in [1.165, 1.54) is 11.6 Å². The minimum Gasteiger partial charge on any atom is -0.312 e. The van der Waals surface area contributed by atoms with E-state index in [1.54, 1.807) is 13.2 Å². The van der Waals surface area contributed by atoms with E-state index in [9.17, 15) is 9.59 Å². The molecule has 0 aliphatic carbocycles. The fraction of sp³-hybridized carbons (Fsp3) is 0.600. The summed E-state index contributed by atoms with van der Waals surface area (Å²) in [6.07, 6.45) is 2.61. The van der Waals surface area contributed by atoms with Gasteiger partial charge < -0.3 is 9.88 Å². The van der Waals surface area contributed by atoms with Crippen molar-refractivity contribution in [2.45, 2.75) is 19.9 Å². The summed E-state index contributed by atoms with van der Waals surface area (Å²) in [5.74, 6) is 0. The van der Waals surface area contributed by atoms with Crippen LogP contribution in [0.15, 0.2) is 15.8 Å². The smallest absolute Gasteiger partial charge is 0.312 e. The van der Waals surface area contributed by atoms with Gasteiger partial charge in [-0.3, -0.25) is 9.36 Å². The van der Waals surface area contributed by atoms with E-state index in [-0.39, 0.29) is 11.2 Å². The molecule has 0 aromatic carbocycles. The maximum atomic E-state index is 11.6. The summed E-state index contributed by atoms with van der Waals surface area (Å²) in [7, 11) is 3.14. The molecule has 0 aliphatic heterocycles. The van der Waals surface area contributed by atoms with Gasteiger partial charge in [0, 0.05) is 32.4 Å². The average molecular weight is 211 g/mol. The Hall–Kier alpha value is -1.36. The highest BCUT2D eigenvalue weighted by Gasteiger charge is 2.05. The number of aromatic nitrogens is 2. The maximum Gasteiger partial charge on any atom is 0.330 e. The van der Waals surface area contributed by atoms with Crippen molar-refractivity contribution < 1.29 is 0 Å². The summed E-state index contributed by atoms with van der Waals surface area (Å²) < 4.78 is 2.55. The number of nitrogens with zero attached hydrogens (tertiary/aromatic N) is 2. The van der Waals surface area contributed by atoms with Crippen LogP contribution in [0, 0.1) is 0 Å². The van der Waals surface area contributed by atoms with Gasteiger partial charge >= 0.3 is 5.69 Å². The summed E-state index contributed by atoms with van der Waals surface area (Å²) in [6, 6.07) is 0. The molecule has 1 aromatic heterocycles. The molecule has 0 radical (unpaired) electrons. The van der Waals surface area contributed by atoms with E-state index in [4.69, 9.17) is 0 Å². The molecule has 0 saturated heterocycles. The first-order valence-electron chi connectivity index (χ1n) is 5.04. The Morgan fingerprint density at radius 3 is 2.60 bits per heavy atom. The van der Waals surface area contributed by atoms with Crippen LogP contribution in [0.3, 0.4) is 0 Å². The Bertz CT molecular complexity index is 445. The minimum absolute atomic E-state index is 0.221. The standard InChI is InChI=1S/C10H17N3O2/c1-4-5-11-6-8-7-12(2)10(15)13(3)9(8)14/h7,11H,4-6H2,1-3H3.